The Kier molecular flexibility index (Phi) is 2.43. The number of nitrogens with zero attached hydrogens (tertiary/aromatic N) is 4. The second kappa shape index (κ2) is 5.01. The molecule has 0 N–H and O–H groups in total. The Morgan fingerprint density at radius 3 is 2.59 bits per heavy atom. The summed E-state index contributed by atoms with van der Waals surface area (Å²) in [6.45, 7) is 0. The lowest BCUT2D eigenvalue weighted by Gasteiger charge is -2.33. The van der Waals surface area contributed by atoms with Crippen molar-refractivity contribution in [2.45, 2.75) is 9.79 Å². The summed E-state index contributed by atoms with van der Waals surface area (Å²) in [5.41, 5.74) is 8.46. The highest BCUT2D eigenvalue weighted by Gasteiger charge is 2.70. The van der Waals surface area contributed by atoms with E-state index >= 15 is 0 Å². The molecule has 0 radical (unpaired) electrons. The van der Waals surface area contributed by atoms with Crippen molar-refractivity contribution in [1.29, 1.82) is 0 Å². The van der Waals surface area contributed by atoms with Gasteiger partial charge in [0.05, 0.1) is 15.2 Å². The quantitative estimate of drug-likeness (QED) is 0.213. The highest BCUT2D eigenvalue weighted by molar-refractivity contribution is 7.99. The maximum absolute atomic E-state index is 6.65. The van der Waals surface area contributed by atoms with E-state index in [1.165, 1.54) is 54.4 Å². The van der Waals surface area contributed by atoms with Crippen molar-refractivity contribution in [3.8, 4) is 28.4 Å². The van der Waals surface area contributed by atoms with E-state index in [-0.39, 0.29) is 0 Å². The van der Waals surface area contributed by atoms with Crippen LogP contribution in [-0.4, -0.2) is 4.57 Å². The zero-order valence-electron chi connectivity index (χ0n) is 17.8. The molecule has 1 atom stereocenters. The Bertz CT molecular complexity index is 1990. The zero-order chi connectivity index (χ0) is 21.8. The van der Waals surface area contributed by atoms with Gasteiger partial charge in [0.15, 0.2) is 17.5 Å². The van der Waals surface area contributed by atoms with E-state index in [4.69, 9.17) is 4.74 Å². The summed E-state index contributed by atoms with van der Waals surface area (Å²) in [5.74, 6) is 1.82. The number of benzene rings is 3. The smallest absolute Gasteiger partial charge is 0.352 e. The van der Waals surface area contributed by atoms with Crippen LogP contribution < -0.4 is 18.8 Å². The summed E-state index contributed by atoms with van der Waals surface area (Å²) in [6.07, 6.45) is 4.44. The third kappa shape index (κ3) is 1.45. The Balaban J connectivity index is 1.59. The summed E-state index contributed by atoms with van der Waals surface area (Å²) in [6, 6.07) is 28.4. The van der Waals surface area contributed by atoms with E-state index in [2.05, 4.69) is 105 Å². The van der Waals surface area contributed by atoms with Crippen molar-refractivity contribution in [1.82, 2.24) is 9.27 Å². The van der Waals surface area contributed by atoms with E-state index in [1.54, 1.807) is 0 Å². The Labute approximate surface area is 197 Å². The number of rotatable bonds is 0. The minimum Gasteiger partial charge on any atom is -0.444 e. The molecule has 4 aliphatic heterocycles. The molecule has 6 heteroatoms. The maximum Gasteiger partial charge on any atom is 0.352 e. The lowest BCUT2D eigenvalue weighted by Crippen LogP contribution is -2.84. The van der Waals surface area contributed by atoms with Crippen LogP contribution in [0.5, 0.6) is 11.5 Å². The fourth-order valence-electron chi connectivity index (χ4n) is 6.67. The van der Waals surface area contributed by atoms with Crippen LogP contribution in [-0.2, 0) is 0 Å². The number of hydrogen-bond donors (Lipinski definition) is 0. The molecule has 0 saturated carbocycles. The van der Waals surface area contributed by atoms with Crippen LogP contribution in [0.4, 0.5) is 11.4 Å². The normalized spacial score (nSPS) is 18.8. The first-order valence-electron chi connectivity index (χ1n) is 11.4. The van der Waals surface area contributed by atoms with Gasteiger partial charge in [0.2, 0.25) is 17.6 Å². The van der Waals surface area contributed by atoms with Crippen LogP contribution in [0.3, 0.4) is 0 Å². The molecule has 10 rings (SSSR count). The second-order valence-electron chi connectivity index (χ2n) is 9.22. The van der Waals surface area contributed by atoms with Gasteiger partial charge in [-0.25, -0.2) is 0 Å². The largest absolute Gasteiger partial charge is 0.444 e. The molecular formula is C28H15N4OS+3. The standard InChI is InChI=1S/C28H15N4OS/c1-2-14-29-19(9-1)18-7-3-10-20-26(18)32(29)27-21(33-20)12-13-23-25(27)31-24-16(6-4-11-22(24)34-23)17-8-5-15-30(32)28(17)31/h1-15H/q+3. The zero-order valence-corrected chi connectivity index (χ0v) is 18.6. The second-order valence-corrected chi connectivity index (χ2v) is 10.3. The first kappa shape index (κ1) is 16.5. The minimum atomic E-state index is 0.434. The number of para-hydroxylation sites is 2. The molecule has 1 spiro atoms. The van der Waals surface area contributed by atoms with E-state index in [9.17, 15) is 0 Å². The van der Waals surface area contributed by atoms with Crippen LogP contribution in [0.1, 0.15) is 0 Å². The van der Waals surface area contributed by atoms with Gasteiger partial charge in [-0.3, -0.25) is 0 Å². The third-order valence-corrected chi connectivity index (χ3v) is 8.87. The molecular weight excluding hydrogens is 440 g/mol. The van der Waals surface area contributed by atoms with E-state index in [0.29, 0.717) is 4.70 Å². The van der Waals surface area contributed by atoms with Gasteiger partial charge in [-0.1, -0.05) is 23.9 Å². The Hall–Kier alpha value is -4.13. The van der Waals surface area contributed by atoms with Gasteiger partial charge in [0, 0.05) is 26.9 Å². The topological polar surface area (TPSA) is 21.9 Å². The molecule has 6 aromatic rings. The highest BCUT2D eigenvalue weighted by atomic mass is 32.2. The van der Waals surface area contributed by atoms with Gasteiger partial charge < -0.3 is 4.74 Å². The maximum atomic E-state index is 6.65. The summed E-state index contributed by atoms with van der Waals surface area (Å²) < 4.78 is 14.4. The van der Waals surface area contributed by atoms with Crippen molar-refractivity contribution < 1.29 is 14.1 Å². The van der Waals surface area contributed by atoms with Gasteiger partial charge in [0.25, 0.3) is 11.4 Å². The summed E-state index contributed by atoms with van der Waals surface area (Å²) in [4.78, 5) is 2.56. The monoisotopic (exact) mass is 455 g/mol. The Morgan fingerprint density at radius 1 is 0.706 bits per heavy atom. The van der Waals surface area contributed by atoms with Crippen molar-refractivity contribution in [3.05, 3.63) is 91.3 Å². The summed E-state index contributed by atoms with van der Waals surface area (Å²) in [7, 11) is 0. The minimum absolute atomic E-state index is 0.434. The molecule has 5 nitrogen and oxygen atoms in total. The average molecular weight is 456 g/mol. The van der Waals surface area contributed by atoms with Gasteiger partial charge in [-0.2, -0.15) is 4.57 Å². The SMILES string of the molecule is c1cc2c3c(c1)-c1cccc[n+]1[N+]31c3c(ccc4c3-n3c5c(cccc5c5ccc[n+]1c53)S4)O2. The van der Waals surface area contributed by atoms with Gasteiger partial charge in [-0.05, 0) is 54.6 Å². The molecule has 0 amide bonds. The molecule has 7 heterocycles. The molecule has 1 unspecified atom stereocenters. The molecule has 0 fully saturated rings. The number of hydrogen-bond acceptors (Lipinski definition) is 2. The molecule has 3 aromatic carbocycles. The highest BCUT2D eigenvalue weighted by Crippen LogP contribution is 2.62. The van der Waals surface area contributed by atoms with Gasteiger partial charge in [0.1, 0.15) is 10.3 Å². The molecule has 34 heavy (non-hydrogen) atoms. The van der Waals surface area contributed by atoms with E-state index < -0.39 is 0 Å². The fraction of sp³-hybridized carbons (Fsp3) is 0. The van der Waals surface area contributed by atoms with Crippen LogP contribution in [0, 0.1) is 0 Å². The van der Waals surface area contributed by atoms with Gasteiger partial charge >= 0.3 is 11.3 Å². The first-order valence-corrected chi connectivity index (χ1v) is 12.3. The van der Waals surface area contributed by atoms with Crippen LogP contribution in [0.2, 0.25) is 0 Å². The van der Waals surface area contributed by atoms with Crippen LogP contribution in [0.15, 0.2) is 101 Å². The molecule has 0 aliphatic carbocycles. The molecule has 3 aromatic heterocycles. The number of pyridine rings is 2. The lowest BCUT2D eigenvalue weighted by molar-refractivity contribution is -1.02. The lowest BCUT2D eigenvalue weighted by atomic mass is 10.1. The Morgan fingerprint density at radius 2 is 1.59 bits per heavy atom. The predicted molar refractivity (Wildman–Crippen MR) is 129 cm³/mol. The van der Waals surface area contributed by atoms with E-state index in [1.807, 2.05) is 11.8 Å². The van der Waals surface area contributed by atoms with Gasteiger partial charge in [-0.15, -0.1) is 0 Å². The summed E-state index contributed by atoms with van der Waals surface area (Å²) in [5, 5.41) is 2.56. The van der Waals surface area contributed by atoms with Crippen molar-refractivity contribution in [3.63, 3.8) is 0 Å². The third-order valence-electron chi connectivity index (χ3n) is 7.77. The number of fused-ring (bicyclic) bond motifs is 3. The van der Waals surface area contributed by atoms with Crippen molar-refractivity contribution >= 4 is 45.1 Å². The molecule has 4 aliphatic rings. The number of aromatic nitrogens is 3. The van der Waals surface area contributed by atoms with Crippen molar-refractivity contribution in [2.24, 2.45) is 0 Å². The summed E-state index contributed by atoms with van der Waals surface area (Å²) >= 11 is 1.86. The molecule has 156 valence electrons. The van der Waals surface area contributed by atoms with Crippen LogP contribution in [0.25, 0.3) is 38.9 Å². The average Bonchev–Trinajstić information content (AvgIpc) is 3.38. The first-order chi connectivity index (χ1) is 16.9. The fourth-order valence-corrected chi connectivity index (χ4v) is 7.78. The van der Waals surface area contributed by atoms with E-state index in [0.717, 1.165) is 17.2 Å². The van der Waals surface area contributed by atoms with Crippen molar-refractivity contribution in [2.75, 3.05) is 0 Å². The predicted octanol–water partition coefficient (Wildman–Crippen LogP) is 5.79. The molecule has 0 bridgehead atoms. The van der Waals surface area contributed by atoms with Crippen LogP contribution >= 0.6 is 11.8 Å². The molecule has 0 saturated heterocycles. The number of ether oxygens (including phenoxy) is 1. The number of quaternary nitrogens is 1.